The van der Waals surface area contributed by atoms with Crippen LogP contribution in [0.3, 0.4) is 0 Å². The highest BCUT2D eigenvalue weighted by Crippen LogP contribution is 2.24. The van der Waals surface area contributed by atoms with Crippen molar-refractivity contribution in [1.29, 1.82) is 0 Å². The van der Waals surface area contributed by atoms with Crippen LogP contribution in [0.5, 0.6) is 0 Å². The van der Waals surface area contributed by atoms with Gasteiger partial charge in [-0.1, -0.05) is 26.2 Å². The maximum absolute atomic E-state index is 10.1. The summed E-state index contributed by atoms with van der Waals surface area (Å²) in [7, 11) is 0. The van der Waals surface area contributed by atoms with Crippen LogP contribution < -0.4 is 0 Å². The van der Waals surface area contributed by atoms with E-state index in [1.807, 2.05) is 13.8 Å². The molecule has 0 radical (unpaired) electrons. The van der Waals surface area contributed by atoms with Crippen LogP contribution in [0.25, 0.3) is 0 Å². The van der Waals surface area contributed by atoms with Crippen molar-refractivity contribution >= 4 is 0 Å². The third-order valence-electron chi connectivity index (χ3n) is 3.78. The average Bonchev–Trinajstić information content (AvgIpc) is 2.29. The summed E-state index contributed by atoms with van der Waals surface area (Å²) in [6, 6.07) is 0.568. The molecule has 0 aromatic carbocycles. The fourth-order valence-corrected chi connectivity index (χ4v) is 2.51. The first-order valence-electron chi connectivity index (χ1n) is 6.66. The standard InChI is InChI=1S/C13H27NO2/c1-3-13(2,16)11-14(9-10-15)12-7-5-4-6-8-12/h12,15-16H,3-11H2,1-2H3. The minimum absolute atomic E-state index is 0.191. The van der Waals surface area contributed by atoms with Crippen molar-refractivity contribution in [3.05, 3.63) is 0 Å². The zero-order valence-corrected chi connectivity index (χ0v) is 10.8. The van der Waals surface area contributed by atoms with E-state index in [9.17, 15) is 5.11 Å². The van der Waals surface area contributed by atoms with E-state index in [0.29, 0.717) is 19.1 Å². The smallest absolute Gasteiger partial charge is 0.0743 e. The van der Waals surface area contributed by atoms with E-state index in [1.165, 1.54) is 32.1 Å². The largest absolute Gasteiger partial charge is 0.395 e. The van der Waals surface area contributed by atoms with Crippen molar-refractivity contribution in [2.45, 2.75) is 64.0 Å². The summed E-state index contributed by atoms with van der Waals surface area (Å²) in [5.74, 6) is 0. The second-order valence-electron chi connectivity index (χ2n) is 5.34. The molecule has 1 aliphatic carbocycles. The summed E-state index contributed by atoms with van der Waals surface area (Å²) in [4.78, 5) is 2.28. The van der Waals surface area contributed by atoms with E-state index in [1.54, 1.807) is 0 Å². The normalized spacial score (nSPS) is 22.3. The van der Waals surface area contributed by atoms with Crippen molar-refractivity contribution < 1.29 is 10.2 Å². The van der Waals surface area contributed by atoms with E-state index in [-0.39, 0.29) is 6.61 Å². The molecule has 1 unspecified atom stereocenters. The lowest BCUT2D eigenvalue weighted by molar-refractivity contribution is -0.00780. The van der Waals surface area contributed by atoms with Crippen molar-refractivity contribution in [1.82, 2.24) is 4.90 Å². The molecule has 0 amide bonds. The molecule has 0 aromatic heterocycles. The molecule has 96 valence electrons. The summed E-state index contributed by atoms with van der Waals surface area (Å²) >= 11 is 0. The molecule has 1 atom stereocenters. The predicted octanol–water partition coefficient (Wildman–Crippen LogP) is 1.77. The van der Waals surface area contributed by atoms with Crippen LogP contribution in [0.2, 0.25) is 0 Å². The predicted molar refractivity (Wildman–Crippen MR) is 66.4 cm³/mol. The minimum Gasteiger partial charge on any atom is -0.395 e. The third kappa shape index (κ3) is 4.40. The van der Waals surface area contributed by atoms with Crippen LogP contribution in [0.1, 0.15) is 52.4 Å². The SMILES string of the molecule is CCC(C)(O)CN(CCO)C1CCCCC1. The zero-order valence-electron chi connectivity index (χ0n) is 10.8. The first-order valence-corrected chi connectivity index (χ1v) is 6.66. The van der Waals surface area contributed by atoms with Crippen LogP contribution in [-0.2, 0) is 0 Å². The molecule has 0 heterocycles. The molecule has 0 aromatic rings. The molecule has 0 saturated heterocycles. The Morgan fingerprint density at radius 1 is 1.25 bits per heavy atom. The van der Waals surface area contributed by atoms with Gasteiger partial charge >= 0.3 is 0 Å². The van der Waals surface area contributed by atoms with Crippen LogP contribution in [0.15, 0.2) is 0 Å². The molecule has 0 aliphatic heterocycles. The second-order valence-corrected chi connectivity index (χ2v) is 5.34. The van der Waals surface area contributed by atoms with Gasteiger partial charge in [-0.25, -0.2) is 0 Å². The minimum atomic E-state index is -0.618. The highest BCUT2D eigenvalue weighted by molar-refractivity contribution is 4.82. The molecule has 2 N–H and O–H groups in total. The zero-order chi connectivity index (χ0) is 12.0. The summed E-state index contributed by atoms with van der Waals surface area (Å²) in [5.41, 5.74) is -0.618. The lowest BCUT2D eigenvalue weighted by Gasteiger charge is -2.38. The second kappa shape index (κ2) is 6.58. The molecule has 3 nitrogen and oxygen atoms in total. The van der Waals surface area contributed by atoms with Gasteiger partial charge in [-0.3, -0.25) is 4.90 Å². The van der Waals surface area contributed by atoms with Crippen LogP contribution >= 0.6 is 0 Å². The molecule has 1 fully saturated rings. The lowest BCUT2D eigenvalue weighted by Crippen LogP contribution is -2.47. The third-order valence-corrected chi connectivity index (χ3v) is 3.78. The van der Waals surface area contributed by atoms with E-state index < -0.39 is 5.60 Å². The number of rotatable bonds is 6. The van der Waals surface area contributed by atoms with Gasteiger partial charge in [-0.05, 0) is 26.2 Å². The first kappa shape index (κ1) is 13.9. The Kier molecular flexibility index (Phi) is 5.73. The summed E-state index contributed by atoms with van der Waals surface area (Å²) in [5, 5.41) is 19.2. The summed E-state index contributed by atoms with van der Waals surface area (Å²) in [6.07, 6.45) is 7.14. The van der Waals surface area contributed by atoms with Crippen LogP contribution in [0.4, 0.5) is 0 Å². The van der Waals surface area contributed by atoms with Gasteiger partial charge in [0.2, 0.25) is 0 Å². The molecule has 0 bridgehead atoms. The van der Waals surface area contributed by atoms with Gasteiger partial charge in [-0.2, -0.15) is 0 Å². The highest BCUT2D eigenvalue weighted by atomic mass is 16.3. The molecule has 0 spiro atoms. The van der Waals surface area contributed by atoms with Crippen molar-refractivity contribution in [3.63, 3.8) is 0 Å². The van der Waals surface area contributed by atoms with E-state index >= 15 is 0 Å². The fourth-order valence-electron chi connectivity index (χ4n) is 2.51. The van der Waals surface area contributed by atoms with Gasteiger partial charge in [0.25, 0.3) is 0 Å². The number of aliphatic hydroxyl groups excluding tert-OH is 1. The molecule has 16 heavy (non-hydrogen) atoms. The fraction of sp³-hybridized carbons (Fsp3) is 1.00. The molecular formula is C13H27NO2. The van der Waals surface area contributed by atoms with E-state index in [0.717, 1.165) is 6.42 Å². The molecule has 3 heteroatoms. The van der Waals surface area contributed by atoms with Gasteiger partial charge < -0.3 is 10.2 Å². The van der Waals surface area contributed by atoms with Crippen molar-refractivity contribution in [2.24, 2.45) is 0 Å². The molecule has 1 aliphatic rings. The Morgan fingerprint density at radius 2 is 1.88 bits per heavy atom. The van der Waals surface area contributed by atoms with Crippen LogP contribution in [0, 0.1) is 0 Å². The van der Waals surface area contributed by atoms with Gasteiger partial charge in [0.1, 0.15) is 0 Å². The highest BCUT2D eigenvalue weighted by Gasteiger charge is 2.27. The number of aliphatic hydroxyl groups is 2. The van der Waals surface area contributed by atoms with Gasteiger partial charge in [0.05, 0.1) is 12.2 Å². The number of hydrogen-bond donors (Lipinski definition) is 2. The molecule has 1 saturated carbocycles. The van der Waals surface area contributed by atoms with Crippen LogP contribution in [-0.4, -0.2) is 46.5 Å². The number of hydrogen-bond acceptors (Lipinski definition) is 3. The summed E-state index contributed by atoms with van der Waals surface area (Å²) in [6.45, 7) is 5.48. The first-order chi connectivity index (χ1) is 7.59. The Hall–Kier alpha value is -0.120. The Balaban J connectivity index is 2.51. The average molecular weight is 229 g/mol. The van der Waals surface area contributed by atoms with E-state index in [2.05, 4.69) is 4.90 Å². The Morgan fingerprint density at radius 3 is 2.38 bits per heavy atom. The summed E-state index contributed by atoms with van der Waals surface area (Å²) < 4.78 is 0. The topological polar surface area (TPSA) is 43.7 Å². The van der Waals surface area contributed by atoms with Gasteiger partial charge in [-0.15, -0.1) is 0 Å². The molecule has 1 rings (SSSR count). The van der Waals surface area contributed by atoms with Crippen molar-refractivity contribution in [3.8, 4) is 0 Å². The Labute approximate surface area is 99.5 Å². The maximum Gasteiger partial charge on any atom is 0.0743 e. The molecular weight excluding hydrogens is 202 g/mol. The monoisotopic (exact) mass is 229 g/mol. The van der Waals surface area contributed by atoms with Gasteiger partial charge in [0.15, 0.2) is 0 Å². The van der Waals surface area contributed by atoms with Gasteiger partial charge in [0, 0.05) is 19.1 Å². The Bertz CT molecular complexity index is 188. The van der Waals surface area contributed by atoms with E-state index in [4.69, 9.17) is 5.11 Å². The van der Waals surface area contributed by atoms with Crippen molar-refractivity contribution in [2.75, 3.05) is 19.7 Å². The lowest BCUT2D eigenvalue weighted by atomic mass is 9.92. The quantitative estimate of drug-likeness (QED) is 0.729. The maximum atomic E-state index is 10.1. The number of nitrogens with zero attached hydrogens (tertiary/aromatic N) is 1.